The highest BCUT2D eigenvalue weighted by atomic mass is 32.2. The van der Waals surface area contributed by atoms with Crippen molar-refractivity contribution in [1.82, 2.24) is 5.32 Å². The molecule has 78 valence electrons. The van der Waals surface area contributed by atoms with Crippen LogP contribution in [-0.2, 0) is 0 Å². The van der Waals surface area contributed by atoms with Gasteiger partial charge in [-0.15, -0.1) is 0 Å². The van der Waals surface area contributed by atoms with Gasteiger partial charge in [0.05, 0.1) is 5.60 Å². The van der Waals surface area contributed by atoms with Gasteiger partial charge in [0.25, 0.3) is 0 Å². The number of thioether (sulfide) groups is 1. The Morgan fingerprint density at radius 1 is 1.54 bits per heavy atom. The summed E-state index contributed by atoms with van der Waals surface area (Å²) in [6, 6.07) is 0. The van der Waals surface area contributed by atoms with Gasteiger partial charge in [-0.2, -0.15) is 11.8 Å². The zero-order chi connectivity index (χ0) is 9.95. The minimum absolute atomic E-state index is 0.504. The third kappa shape index (κ3) is 3.49. The second-order valence-corrected chi connectivity index (χ2v) is 5.62. The lowest BCUT2D eigenvalue weighted by Crippen LogP contribution is -2.40. The van der Waals surface area contributed by atoms with Crippen LogP contribution in [0.2, 0.25) is 0 Å². The quantitative estimate of drug-likeness (QED) is 0.688. The summed E-state index contributed by atoms with van der Waals surface area (Å²) in [4.78, 5) is 0. The van der Waals surface area contributed by atoms with Crippen LogP contribution in [-0.4, -0.2) is 34.8 Å². The molecule has 0 aromatic carbocycles. The third-order valence-electron chi connectivity index (χ3n) is 2.96. The highest BCUT2D eigenvalue weighted by Gasteiger charge is 2.41. The van der Waals surface area contributed by atoms with Gasteiger partial charge in [0.2, 0.25) is 0 Å². The first-order chi connectivity index (χ1) is 6.04. The molecule has 0 aromatic rings. The van der Waals surface area contributed by atoms with Gasteiger partial charge in [-0.1, -0.05) is 6.92 Å². The molecule has 1 unspecified atom stereocenters. The molecule has 13 heavy (non-hydrogen) atoms. The van der Waals surface area contributed by atoms with E-state index < -0.39 is 5.60 Å². The summed E-state index contributed by atoms with van der Waals surface area (Å²) in [7, 11) is 0. The molecule has 0 aromatic heterocycles. The SMILES string of the molecule is CCC(C)(O)CNCC1(SC)CC1. The molecule has 2 N–H and O–H groups in total. The van der Waals surface area contributed by atoms with Gasteiger partial charge in [-0.05, 0) is 32.4 Å². The first-order valence-corrected chi connectivity index (χ1v) is 6.24. The van der Waals surface area contributed by atoms with E-state index in [0.717, 1.165) is 13.0 Å². The molecule has 0 spiro atoms. The average Bonchev–Trinajstić information content (AvgIpc) is 2.85. The molecule has 1 fully saturated rings. The maximum atomic E-state index is 9.74. The van der Waals surface area contributed by atoms with Crippen LogP contribution in [0.15, 0.2) is 0 Å². The first kappa shape index (κ1) is 11.3. The average molecular weight is 203 g/mol. The molecular weight excluding hydrogens is 182 g/mol. The maximum Gasteiger partial charge on any atom is 0.0740 e. The van der Waals surface area contributed by atoms with Crippen molar-refractivity contribution in [1.29, 1.82) is 0 Å². The van der Waals surface area contributed by atoms with E-state index in [1.165, 1.54) is 12.8 Å². The molecule has 0 amide bonds. The first-order valence-electron chi connectivity index (χ1n) is 5.02. The zero-order valence-corrected chi connectivity index (χ0v) is 9.71. The Labute approximate surface area is 85.5 Å². The second kappa shape index (κ2) is 4.20. The molecule has 1 aliphatic carbocycles. The van der Waals surface area contributed by atoms with Crippen molar-refractivity contribution in [2.24, 2.45) is 0 Å². The van der Waals surface area contributed by atoms with Crippen LogP contribution in [0.5, 0.6) is 0 Å². The minimum Gasteiger partial charge on any atom is -0.389 e. The van der Waals surface area contributed by atoms with Crippen LogP contribution in [0.25, 0.3) is 0 Å². The number of hydrogen-bond donors (Lipinski definition) is 2. The molecular formula is C10H21NOS. The standard InChI is InChI=1S/C10H21NOS/c1-4-9(2,12)7-11-8-10(13-3)5-6-10/h11-12H,4-8H2,1-3H3. The van der Waals surface area contributed by atoms with Gasteiger partial charge in [0.15, 0.2) is 0 Å². The van der Waals surface area contributed by atoms with Crippen LogP contribution in [0, 0.1) is 0 Å². The van der Waals surface area contributed by atoms with Crippen LogP contribution in [0.3, 0.4) is 0 Å². The van der Waals surface area contributed by atoms with Crippen molar-refractivity contribution < 1.29 is 5.11 Å². The smallest absolute Gasteiger partial charge is 0.0740 e. The van der Waals surface area contributed by atoms with E-state index in [-0.39, 0.29) is 0 Å². The Balaban J connectivity index is 2.14. The largest absolute Gasteiger partial charge is 0.389 e. The Morgan fingerprint density at radius 3 is 2.54 bits per heavy atom. The Morgan fingerprint density at radius 2 is 2.15 bits per heavy atom. The van der Waals surface area contributed by atoms with Crippen LogP contribution < -0.4 is 5.32 Å². The predicted octanol–water partition coefficient (Wildman–Crippen LogP) is 1.63. The van der Waals surface area contributed by atoms with Gasteiger partial charge in [-0.3, -0.25) is 0 Å². The van der Waals surface area contributed by atoms with Gasteiger partial charge in [-0.25, -0.2) is 0 Å². The van der Waals surface area contributed by atoms with Gasteiger partial charge in [0, 0.05) is 17.8 Å². The van der Waals surface area contributed by atoms with Gasteiger partial charge >= 0.3 is 0 Å². The second-order valence-electron chi connectivity index (χ2n) is 4.34. The number of aliphatic hydroxyl groups is 1. The van der Waals surface area contributed by atoms with Crippen molar-refractivity contribution in [3.8, 4) is 0 Å². The van der Waals surface area contributed by atoms with Crippen molar-refractivity contribution in [3.63, 3.8) is 0 Å². The highest BCUT2D eigenvalue weighted by molar-refractivity contribution is 8.00. The molecule has 0 radical (unpaired) electrons. The van der Waals surface area contributed by atoms with E-state index in [2.05, 4.69) is 11.6 Å². The van der Waals surface area contributed by atoms with E-state index >= 15 is 0 Å². The Bertz CT molecular complexity index is 160. The van der Waals surface area contributed by atoms with Crippen molar-refractivity contribution >= 4 is 11.8 Å². The van der Waals surface area contributed by atoms with Crippen LogP contribution >= 0.6 is 11.8 Å². The predicted molar refractivity (Wildman–Crippen MR) is 59.3 cm³/mol. The number of hydrogen-bond acceptors (Lipinski definition) is 3. The topological polar surface area (TPSA) is 32.3 Å². The summed E-state index contributed by atoms with van der Waals surface area (Å²) in [6.07, 6.45) is 5.64. The summed E-state index contributed by atoms with van der Waals surface area (Å²) >= 11 is 1.95. The van der Waals surface area contributed by atoms with Crippen molar-refractivity contribution in [2.45, 2.75) is 43.5 Å². The van der Waals surface area contributed by atoms with E-state index in [9.17, 15) is 5.11 Å². The minimum atomic E-state index is -0.533. The molecule has 1 saturated carbocycles. The molecule has 0 bridgehead atoms. The summed E-state index contributed by atoms with van der Waals surface area (Å²) in [5.74, 6) is 0. The summed E-state index contributed by atoms with van der Waals surface area (Å²) in [6.45, 7) is 5.66. The van der Waals surface area contributed by atoms with E-state index in [0.29, 0.717) is 11.3 Å². The fourth-order valence-electron chi connectivity index (χ4n) is 1.28. The number of rotatable bonds is 6. The highest BCUT2D eigenvalue weighted by Crippen LogP contribution is 2.46. The lowest BCUT2D eigenvalue weighted by Gasteiger charge is -2.23. The molecule has 1 atom stereocenters. The lowest BCUT2D eigenvalue weighted by atomic mass is 10.0. The molecule has 1 rings (SSSR count). The van der Waals surface area contributed by atoms with Crippen molar-refractivity contribution in [2.75, 3.05) is 19.3 Å². The molecule has 0 aliphatic heterocycles. The van der Waals surface area contributed by atoms with Crippen molar-refractivity contribution in [3.05, 3.63) is 0 Å². The van der Waals surface area contributed by atoms with Crippen LogP contribution in [0.4, 0.5) is 0 Å². The molecule has 2 nitrogen and oxygen atoms in total. The summed E-state index contributed by atoms with van der Waals surface area (Å²) < 4.78 is 0.504. The molecule has 0 saturated heterocycles. The van der Waals surface area contributed by atoms with Crippen LogP contribution in [0.1, 0.15) is 33.1 Å². The van der Waals surface area contributed by atoms with E-state index in [1.807, 2.05) is 25.6 Å². The molecule has 0 heterocycles. The normalized spacial score (nSPS) is 24.0. The van der Waals surface area contributed by atoms with Gasteiger partial charge < -0.3 is 10.4 Å². The third-order valence-corrected chi connectivity index (χ3v) is 4.37. The Kier molecular flexibility index (Phi) is 3.66. The fraction of sp³-hybridized carbons (Fsp3) is 1.00. The van der Waals surface area contributed by atoms with E-state index in [4.69, 9.17) is 0 Å². The summed E-state index contributed by atoms with van der Waals surface area (Å²) in [5, 5.41) is 13.1. The molecule has 1 aliphatic rings. The fourth-order valence-corrected chi connectivity index (χ4v) is 2.03. The summed E-state index contributed by atoms with van der Waals surface area (Å²) in [5.41, 5.74) is -0.533. The molecule has 3 heteroatoms. The lowest BCUT2D eigenvalue weighted by molar-refractivity contribution is 0.0560. The van der Waals surface area contributed by atoms with E-state index in [1.54, 1.807) is 0 Å². The maximum absolute atomic E-state index is 9.74. The van der Waals surface area contributed by atoms with Gasteiger partial charge in [0.1, 0.15) is 0 Å². The monoisotopic (exact) mass is 203 g/mol. The number of nitrogens with one attached hydrogen (secondary N) is 1. The zero-order valence-electron chi connectivity index (χ0n) is 8.89. The Hall–Kier alpha value is 0.270.